The lowest BCUT2D eigenvalue weighted by molar-refractivity contribution is -0.0498. The Balaban J connectivity index is 2.45. The number of benzene rings is 1. The van der Waals surface area contributed by atoms with Crippen molar-refractivity contribution in [3.63, 3.8) is 0 Å². The van der Waals surface area contributed by atoms with Crippen molar-refractivity contribution >= 4 is 0 Å². The zero-order valence-corrected chi connectivity index (χ0v) is 11.5. The largest absolute Gasteiger partial charge is 0.435 e. The maximum Gasteiger partial charge on any atom is 0.387 e. The molecule has 0 fully saturated rings. The van der Waals surface area contributed by atoms with E-state index in [1.165, 1.54) is 12.1 Å². The van der Waals surface area contributed by atoms with Crippen molar-refractivity contribution in [1.29, 1.82) is 0 Å². The Hall–Kier alpha value is -1.46. The summed E-state index contributed by atoms with van der Waals surface area (Å²) >= 11 is 0. The van der Waals surface area contributed by atoms with Gasteiger partial charge in [0.05, 0.1) is 0 Å². The van der Waals surface area contributed by atoms with Crippen molar-refractivity contribution in [3.8, 4) is 5.75 Å². The molecule has 0 radical (unpaired) electrons. The van der Waals surface area contributed by atoms with Gasteiger partial charge in [-0.25, -0.2) is 0 Å². The van der Waals surface area contributed by atoms with Crippen LogP contribution in [-0.2, 0) is 0 Å². The van der Waals surface area contributed by atoms with Crippen molar-refractivity contribution < 1.29 is 13.5 Å². The molecular formula is C15H22F2N2O. The molecule has 0 heterocycles. The van der Waals surface area contributed by atoms with Gasteiger partial charge in [-0.2, -0.15) is 8.78 Å². The minimum atomic E-state index is -2.80. The standard InChI is InChI=1S/C15H22F2N2O/c1-2-3-4-5-6-7-14(19-18)12-8-10-13(11-9-12)20-15(16)17/h2,8-11,14-15,19H,1,3-7,18H2. The number of alkyl halides is 2. The molecule has 3 nitrogen and oxygen atoms in total. The average molecular weight is 284 g/mol. The van der Waals surface area contributed by atoms with Crippen LogP contribution in [0.5, 0.6) is 5.75 Å². The summed E-state index contributed by atoms with van der Waals surface area (Å²) in [4.78, 5) is 0. The van der Waals surface area contributed by atoms with Gasteiger partial charge in [-0.05, 0) is 37.0 Å². The lowest BCUT2D eigenvalue weighted by atomic mass is 10.0. The maximum absolute atomic E-state index is 12.1. The Morgan fingerprint density at radius 1 is 1.20 bits per heavy atom. The smallest absolute Gasteiger partial charge is 0.387 e. The first-order valence-corrected chi connectivity index (χ1v) is 6.79. The normalized spacial score (nSPS) is 12.4. The van der Waals surface area contributed by atoms with E-state index in [2.05, 4.69) is 16.7 Å². The van der Waals surface area contributed by atoms with Gasteiger partial charge in [0.25, 0.3) is 0 Å². The van der Waals surface area contributed by atoms with E-state index >= 15 is 0 Å². The van der Waals surface area contributed by atoms with Crippen LogP contribution in [0, 0.1) is 0 Å². The molecule has 1 unspecified atom stereocenters. The number of unbranched alkanes of at least 4 members (excludes halogenated alkanes) is 3. The van der Waals surface area contributed by atoms with Crippen molar-refractivity contribution in [2.45, 2.75) is 44.8 Å². The fourth-order valence-electron chi connectivity index (χ4n) is 2.04. The van der Waals surface area contributed by atoms with Crippen molar-refractivity contribution in [1.82, 2.24) is 5.43 Å². The van der Waals surface area contributed by atoms with Crippen LogP contribution in [-0.4, -0.2) is 6.61 Å². The summed E-state index contributed by atoms with van der Waals surface area (Å²) in [6.07, 6.45) is 7.15. The van der Waals surface area contributed by atoms with Gasteiger partial charge in [-0.15, -0.1) is 6.58 Å². The van der Waals surface area contributed by atoms with Gasteiger partial charge in [0, 0.05) is 6.04 Å². The lowest BCUT2D eigenvalue weighted by Gasteiger charge is -2.16. The highest BCUT2D eigenvalue weighted by atomic mass is 19.3. The van der Waals surface area contributed by atoms with E-state index in [1.54, 1.807) is 12.1 Å². The zero-order valence-electron chi connectivity index (χ0n) is 11.5. The third-order valence-corrected chi connectivity index (χ3v) is 3.11. The Kier molecular flexibility index (Phi) is 7.84. The van der Waals surface area contributed by atoms with Crippen LogP contribution in [0.3, 0.4) is 0 Å². The second-order valence-electron chi connectivity index (χ2n) is 4.59. The van der Waals surface area contributed by atoms with E-state index < -0.39 is 6.61 Å². The number of hydrogen-bond acceptors (Lipinski definition) is 3. The summed E-state index contributed by atoms with van der Waals surface area (Å²) in [6, 6.07) is 6.60. The van der Waals surface area contributed by atoms with Crippen LogP contribution in [0.4, 0.5) is 8.78 Å². The molecule has 0 aliphatic carbocycles. The molecule has 0 bridgehead atoms. The molecule has 0 aliphatic rings. The number of hydrogen-bond donors (Lipinski definition) is 2. The van der Waals surface area contributed by atoms with Crippen LogP contribution in [0.25, 0.3) is 0 Å². The predicted molar refractivity (Wildman–Crippen MR) is 76.4 cm³/mol. The molecule has 20 heavy (non-hydrogen) atoms. The number of hydrazine groups is 1. The first-order chi connectivity index (χ1) is 9.67. The first kappa shape index (κ1) is 16.6. The number of halogens is 2. The second-order valence-corrected chi connectivity index (χ2v) is 4.59. The highest BCUT2D eigenvalue weighted by Crippen LogP contribution is 2.22. The van der Waals surface area contributed by atoms with Crippen molar-refractivity contribution in [2.75, 3.05) is 0 Å². The molecule has 0 saturated heterocycles. The predicted octanol–water partition coefficient (Wildman–Crippen LogP) is 3.93. The van der Waals surface area contributed by atoms with E-state index in [1.807, 2.05) is 6.08 Å². The number of ether oxygens (including phenoxy) is 1. The fourth-order valence-corrected chi connectivity index (χ4v) is 2.04. The molecule has 1 aromatic carbocycles. The summed E-state index contributed by atoms with van der Waals surface area (Å²) in [5.74, 6) is 5.70. The molecular weight excluding hydrogens is 262 g/mol. The molecule has 0 amide bonds. The fraction of sp³-hybridized carbons (Fsp3) is 0.467. The van der Waals surface area contributed by atoms with Crippen LogP contribution in [0.2, 0.25) is 0 Å². The number of nitrogens with two attached hydrogens (primary N) is 1. The topological polar surface area (TPSA) is 47.3 Å². The molecule has 0 saturated carbocycles. The summed E-state index contributed by atoms with van der Waals surface area (Å²) in [6.45, 7) is 0.891. The Morgan fingerprint density at radius 3 is 2.45 bits per heavy atom. The van der Waals surface area contributed by atoms with E-state index in [-0.39, 0.29) is 11.8 Å². The zero-order chi connectivity index (χ0) is 14.8. The van der Waals surface area contributed by atoms with Crippen LogP contribution >= 0.6 is 0 Å². The molecule has 1 aromatic rings. The van der Waals surface area contributed by atoms with Crippen molar-refractivity contribution in [3.05, 3.63) is 42.5 Å². The van der Waals surface area contributed by atoms with E-state index in [0.717, 1.165) is 37.7 Å². The number of rotatable bonds is 10. The van der Waals surface area contributed by atoms with Gasteiger partial charge in [0.2, 0.25) is 0 Å². The third kappa shape index (κ3) is 6.12. The van der Waals surface area contributed by atoms with Gasteiger partial charge in [-0.1, -0.05) is 31.1 Å². The van der Waals surface area contributed by atoms with Gasteiger partial charge in [-0.3, -0.25) is 11.3 Å². The highest BCUT2D eigenvalue weighted by molar-refractivity contribution is 5.29. The molecule has 3 N–H and O–H groups in total. The van der Waals surface area contributed by atoms with E-state index in [0.29, 0.717) is 0 Å². The molecule has 0 aliphatic heterocycles. The van der Waals surface area contributed by atoms with Crippen LogP contribution in [0.15, 0.2) is 36.9 Å². The quantitative estimate of drug-likeness (QED) is 0.296. The first-order valence-electron chi connectivity index (χ1n) is 6.79. The monoisotopic (exact) mass is 284 g/mol. The van der Waals surface area contributed by atoms with Crippen LogP contribution < -0.4 is 16.0 Å². The third-order valence-electron chi connectivity index (χ3n) is 3.11. The Morgan fingerprint density at radius 2 is 1.90 bits per heavy atom. The molecule has 1 atom stereocenters. The highest BCUT2D eigenvalue weighted by Gasteiger charge is 2.10. The summed E-state index contributed by atoms with van der Waals surface area (Å²) in [5, 5.41) is 0. The van der Waals surface area contributed by atoms with Gasteiger partial charge < -0.3 is 4.74 Å². The minimum absolute atomic E-state index is 0.0272. The maximum atomic E-state index is 12.1. The Bertz CT molecular complexity index is 382. The molecule has 5 heteroatoms. The van der Waals surface area contributed by atoms with Crippen LogP contribution in [0.1, 0.15) is 43.7 Å². The Labute approximate surface area is 118 Å². The summed E-state index contributed by atoms with van der Waals surface area (Å²) in [5.41, 5.74) is 3.73. The summed E-state index contributed by atoms with van der Waals surface area (Å²) < 4.78 is 28.4. The van der Waals surface area contributed by atoms with E-state index in [9.17, 15) is 8.78 Å². The minimum Gasteiger partial charge on any atom is -0.435 e. The lowest BCUT2D eigenvalue weighted by Crippen LogP contribution is -2.27. The van der Waals surface area contributed by atoms with Gasteiger partial charge >= 0.3 is 6.61 Å². The number of nitrogens with one attached hydrogen (secondary N) is 1. The SMILES string of the molecule is C=CCCCCCC(NN)c1ccc(OC(F)F)cc1. The molecule has 0 spiro atoms. The molecule has 112 valence electrons. The average Bonchev–Trinajstić information content (AvgIpc) is 2.43. The van der Waals surface area contributed by atoms with Gasteiger partial charge in [0.15, 0.2) is 0 Å². The van der Waals surface area contributed by atoms with Crippen molar-refractivity contribution in [2.24, 2.45) is 5.84 Å². The summed E-state index contributed by atoms with van der Waals surface area (Å²) in [7, 11) is 0. The van der Waals surface area contributed by atoms with E-state index in [4.69, 9.17) is 5.84 Å². The molecule has 1 rings (SSSR count). The molecule has 0 aromatic heterocycles. The van der Waals surface area contributed by atoms with Gasteiger partial charge in [0.1, 0.15) is 5.75 Å². The second kappa shape index (κ2) is 9.44. The number of allylic oxidation sites excluding steroid dienone is 1.